The van der Waals surface area contributed by atoms with Crippen molar-refractivity contribution < 1.29 is 18.0 Å². The molecular weight excluding hydrogens is 390 g/mol. The fourth-order valence-electron chi connectivity index (χ4n) is 3.21. The monoisotopic (exact) mass is 415 g/mol. The van der Waals surface area contributed by atoms with Gasteiger partial charge in [-0.1, -0.05) is 24.3 Å². The molecule has 0 unspecified atom stereocenters. The van der Waals surface area contributed by atoms with Crippen LogP contribution in [0.1, 0.15) is 30.9 Å². The van der Waals surface area contributed by atoms with Crippen LogP contribution in [0.15, 0.2) is 53.4 Å². The van der Waals surface area contributed by atoms with Gasteiger partial charge in [0.2, 0.25) is 21.8 Å². The normalized spacial score (nSPS) is 14.5. The van der Waals surface area contributed by atoms with Gasteiger partial charge in [-0.2, -0.15) is 4.31 Å². The molecule has 0 spiro atoms. The van der Waals surface area contributed by atoms with Crippen LogP contribution >= 0.6 is 0 Å². The number of hydrogen-bond donors (Lipinski definition) is 2. The van der Waals surface area contributed by atoms with Crippen LogP contribution in [0.2, 0.25) is 0 Å². The standard InChI is InChI=1S/C21H25N3O4S/c1-16(25)23-19-8-4-17(5-9-19)14-21(26)22-15-18-6-10-20(11-7-18)29(27,28)24-12-2-3-13-24/h4-11H,2-3,12-15H2,1H3,(H,22,26)(H,23,25). The molecule has 29 heavy (non-hydrogen) atoms. The predicted molar refractivity (Wildman–Crippen MR) is 111 cm³/mol. The molecule has 1 heterocycles. The molecule has 3 rings (SSSR count). The highest BCUT2D eigenvalue weighted by Gasteiger charge is 2.26. The van der Waals surface area contributed by atoms with Crippen molar-refractivity contribution in [3.63, 3.8) is 0 Å². The molecule has 0 aliphatic carbocycles. The van der Waals surface area contributed by atoms with E-state index in [-0.39, 0.29) is 23.1 Å². The van der Waals surface area contributed by atoms with E-state index >= 15 is 0 Å². The Morgan fingerprint density at radius 3 is 2.10 bits per heavy atom. The first-order chi connectivity index (χ1) is 13.8. The number of nitrogens with one attached hydrogen (secondary N) is 2. The Hall–Kier alpha value is -2.71. The smallest absolute Gasteiger partial charge is 0.243 e. The number of amides is 2. The van der Waals surface area contributed by atoms with E-state index in [2.05, 4.69) is 10.6 Å². The summed E-state index contributed by atoms with van der Waals surface area (Å²) >= 11 is 0. The summed E-state index contributed by atoms with van der Waals surface area (Å²) in [7, 11) is -3.42. The van der Waals surface area contributed by atoms with Gasteiger partial charge < -0.3 is 10.6 Å². The summed E-state index contributed by atoms with van der Waals surface area (Å²) in [6, 6.07) is 13.7. The van der Waals surface area contributed by atoms with Crippen molar-refractivity contribution >= 4 is 27.5 Å². The number of sulfonamides is 1. The lowest BCUT2D eigenvalue weighted by Crippen LogP contribution is -2.28. The third-order valence-electron chi connectivity index (χ3n) is 4.75. The summed E-state index contributed by atoms with van der Waals surface area (Å²) in [5.41, 5.74) is 2.36. The maximum Gasteiger partial charge on any atom is 0.243 e. The Morgan fingerprint density at radius 2 is 1.52 bits per heavy atom. The number of anilines is 1. The summed E-state index contributed by atoms with van der Waals surface area (Å²) in [5.74, 6) is -0.277. The Labute approximate surface area is 171 Å². The van der Waals surface area contributed by atoms with Crippen LogP contribution in [-0.2, 0) is 32.6 Å². The maximum absolute atomic E-state index is 12.5. The van der Waals surface area contributed by atoms with E-state index in [4.69, 9.17) is 0 Å². The van der Waals surface area contributed by atoms with Gasteiger partial charge in [-0.15, -0.1) is 0 Å². The molecule has 8 heteroatoms. The molecule has 0 bridgehead atoms. The molecule has 1 aliphatic rings. The Kier molecular flexibility index (Phi) is 6.66. The van der Waals surface area contributed by atoms with Gasteiger partial charge in [0.1, 0.15) is 0 Å². The van der Waals surface area contributed by atoms with Crippen molar-refractivity contribution in [2.45, 2.75) is 37.6 Å². The van der Waals surface area contributed by atoms with E-state index in [1.165, 1.54) is 11.2 Å². The minimum atomic E-state index is -3.42. The van der Waals surface area contributed by atoms with E-state index in [1.807, 2.05) is 0 Å². The van der Waals surface area contributed by atoms with Crippen LogP contribution in [0.3, 0.4) is 0 Å². The van der Waals surface area contributed by atoms with Crippen LogP contribution < -0.4 is 10.6 Å². The third kappa shape index (κ3) is 5.65. The number of rotatable bonds is 7. The molecule has 2 amide bonds. The maximum atomic E-state index is 12.5. The molecule has 2 aromatic carbocycles. The second-order valence-electron chi connectivity index (χ2n) is 7.09. The number of nitrogens with zero attached hydrogens (tertiary/aromatic N) is 1. The van der Waals surface area contributed by atoms with Crippen molar-refractivity contribution in [2.75, 3.05) is 18.4 Å². The lowest BCUT2D eigenvalue weighted by atomic mass is 10.1. The highest BCUT2D eigenvalue weighted by molar-refractivity contribution is 7.89. The van der Waals surface area contributed by atoms with Crippen LogP contribution in [0.5, 0.6) is 0 Å². The lowest BCUT2D eigenvalue weighted by Gasteiger charge is -2.15. The Balaban J connectivity index is 1.52. The van der Waals surface area contributed by atoms with Crippen molar-refractivity contribution in [1.29, 1.82) is 0 Å². The minimum Gasteiger partial charge on any atom is -0.352 e. The largest absolute Gasteiger partial charge is 0.352 e. The fourth-order valence-corrected chi connectivity index (χ4v) is 4.73. The first-order valence-electron chi connectivity index (χ1n) is 9.57. The van der Waals surface area contributed by atoms with E-state index in [9.17, 15) is 18.0 Å². The van der Waals surface area contributed by atoms with Crippen LogP contribution in [0, 0.1) is 0 Å². The van der Waals surface area contributed by atoms with Gasteiger partial charge in [-0.25, -0.2) is 8.42 Å². The van der Waals surface area contributed by atoms with E-state index in [0.29, 0.717) is 25.3 Å². The molecule has 7 nitrogen and oxygen atoms in total. The minimum absolute atomic E-state index is 0.133. The van der Waals surface area contributed by atoms with Gasteiger partial charge in [0.25, 0.3) is 0 Å². The van der Waals surface area contributed by atoms with Gasteiger partial charge >= 0.3 is 0 Å². The van der Waals surface area contributed by atoms with Crippen molar-refractivity contribution in [1.82, 2.24) is 9.62 Å². The molecule has 0 radical (unpaired) electrons. The summed E-state index contributed by atoms with van der Waals surface area (Å²) in [6.45, 7) is 2.92. The molecular formula is C21H25N3O4S. The molecule has 2 N–H and O–H groups in total. The average Bonchev–Trinajstić information content (AvgIpc) is 3.24. The molecule has 1 fully saturated rings. The zero-order chi connectivity index (χ0) is 20.9. The average molecular weight is 416 g/mol. The van der Waals surface area contributed by atoms with E-state index in [0.717, 1.165) is 24.0 Å². The number of carbonyl (C=O) groups is 2. The SMILES string of the molecule is CC(=O)Nc1ccc(CC(=O)NCc2ccc(S(=O)(=O)N3CCCC3)cc2)cc1. The van der Waals surface area contributed by atoms with Gasteiger partial charge in [0.05, 0.1) is 11.3 Å². The molecule has 0 atom stereocenters. The molecule has 2 aromatic rings. The molecule has 154 valence electrons. The van der Waals surface area contributed by atoms with Gasteiger partial charge in [-0.05, 0) is 48.2 Å². The number of hydrogen-bond acceptors (Lipinski definition) is 4. The highest BCUT2D eigenvalue weighted by Crippen LogP contribution is 2.21. The molecule has 1 saturated heterocycles. The second kappa shape index (κ2) is 9.19. The van der Waals surface area contributed by atoms with Crippen LogP contribution in [0.4, 0.5) is 5.69 Å². The van der Waals surface area contributed by atoms with Crippen molar-refractivity contribution in [3.05, 3.63) is 59.7 Å². The summed E-state index contributed by atoms with van der Waals surface area (Å²) < 4.78 is 26.6. The topological polar surface area (TPSA) is 95.6 Å². The number of benzene rings is 2. The number of carbonyl (C=O) groups excluding carboxylic acids is 2. The van der Waals surface area contributed by atoms with Crippen molar-refractivity contribution in [2.24, 2.45) is 0 Å². The first kappa shape index (κ1) is 21.0. The molecule has 0 aromatic heterocycles. The summed E-state index contributed by atoms with van der Waals surface area (Å²) in [5, 5.41) is 5.52. The molecule has 0 saturated carbocycles. The van der Waals surface area contributed by atoms with Crippen LogP contribution in [-0.4, -0.2) is 37.6 Å². The van der Waals surface area contributed by atoms with E-state index < -0.39 is 10.0 Å². The zero-order valence-electron chi connectivity index (χ0n) is 16.3. The lowest BCUT2D eigenvalue weighted by molar-refractivity contribution is -0.120. The summed E-state index contributed by atoms with van der Waals surface area (Å²) in [6.07, 6.45) is 2.03. The second-order valence-corrected chi connectivity index (χ2v) is 9.02. The quantitative estimate of drug-likeness (QED) is 0.725. The van der Waals surface area contributed by atoms with Gasteiger partial charge in [-0.3, -0.25) is 9.59 Å². The first-order valence-corrected chi connectivity index (χ1v) is 11.0. The Bertz CT molecular complexity index is 964. The van der Waals surface area contributed by atoms with Crippen LogP contribution in [0.25, 0.3) is 0 Å². The summed E-state index contributed by atoms with van der Waals surface area (Å²) in [4.78, 5) is 23.5. The van der Waals surface area contributed by atoms with E-state index in [1.54, 1.807) is 48.5 Å². The third-order valence-corrected chi connectivity index (χ3v) is 6.67. The zero-order valence-corrected chi connectivity index (χ0v) is 17.2. The highest BCUT2D eigenvalue weighted by atomic mass is 32.2. The fraction of sp³-hybridized carbons (Fsp3) is 0.333. The van der Waals surface area contributed by atoms with Gasteiger partial charge in [0.15, 0.2) is 0 Å². The molecule has 1 aliphatic heterocycles. The van der Waals surface area contributed by atoms with Crippen molar-refractivity contribution in [3.8, 4) is 0 Å². The van der Waals surface area contributed by atoms with Gasteiger partial charge in [0, 0.05) is 32.2 Å². The predicted octanol–water partition coefficient (Wildman–Crippen LogP) is 2.29. The Morgan fingerprint density at radius 1 is 0.931 bits per heavy atom.